The normalized spacial score (nSPS) is 9.82. The lowest BCUT2D eigenvalue weighted by Crippen LogP contribution is -2.20. The van der Waals surface area contributed by atoms with Gasteiger partial charge in [0.15, 0.2) is 13.2 Å². The Balaban J connectivity index is 1.48. The van der Waals surface area contributed by atoms with Crippen molar-refractivity contribution in [2.45, 2.75) is 0 Å². The van der Waals surface area contributed by atoms with Crippen molar-refractivity contribution >= 4 is 11.6 Å². The Morgan fingerprint density at radius 3 is 2.25 bits per heavy atom. The van der Waals surface area contributed by atoms with Gasteiger partial charge in [0, 0.05) is 11.8 Å². The van der Waals surface area contributed by atoms with Crippen molar-refractivity contribution in [2.75, 3.05) is 18.5 Å². The van der Waals surface area contributed by atoms with Gasteiger partial charge >= 0.3 is 0 Å². The van der Waals surface area contributed by atoms with E-state index in [0.29, 0.717) is 22.9 Å². The van der Waals surface area contributed by atoms with E-state index in [9.17, 15) is 4.79 Å². The Kier molecular flexibility index (Phi) is 6.48. The van der Waals surface area contributed by atoms with Crippen LogP contribution in [0.4, 0.5) is 5.69 Å². The molecule has 0 aliphatic rings. The summed E-state index contributed by atoms with van der Waals surface area (Å²) in [5.41, 5.74) is 0.565. The summed E-state index contributed by atoms with van der Waals surface area (Å²) >= 11 is 0. The van der Waals surface area contributed by atoms with E-state index >= 15 is 0 Å². The first kappa shape index (κ1) is 18.8. The van der Waals surface area contributed by atoms with Gasteiger partial charge in [0.05, 0.1) is 0 Å². The average Bonchev–Trinajstić information content (AvgIpc) is 2.73. The Morgan fingerprint density at radius 1 is 0.821 bits per heavy atom. The van der Waals surface area contributed by atoms with E-state index in [4.69, 9.17) is 19.5 Å². The number of nitrogens with one attached hydrogen (secondary N) is 1. The molecule has 0 radical (unpaired) electrons. The summed E-state index contributed by atoms with van der Waals surface area (Å²) in [7, 11) is 0. The van der Waals surface area contributed by atoms with Gasteiger partial charge in [-0.15, -0.1) is 0 Å². The van der Waals surface area contributed by atoms with Crippen LogP contribution in [0.25, 0.3) is 0 Å². The number of rotatable bonds is 8. The van der Waals surface area contributed by atoms with Gasteiger partial charge in [-0.25, -0.2) is 0 Å². The highest BCUT2D eigenvalue weighted by Gasteiger charge is 2.05. The SMILES string of the molecule is N#CCOc1cccc(NC(=O)COc2ccc(Oc3ccccc3)cc2)c1. The summed E-state index contributed by atoms with van der Waals surface area (Å²) in [6, 6.07) is 25.2. The third-order valence-corrected chi connectivity index (χ3v) is 3.59. The zero-order valence-corrected chi connectivity index (χ0v) is 15.0. The van der Waals surface area contributed by atoms with Crippen LogP contribution in [0.3, 0.4) is 0 Å². The number of amides is 1. The summed E-state index contributed by atoms with van der Waals surface area (Å²) < 4.78 is 16.4. The van der Waals surface area contributed by atoms with Crippen molar-refractivity contribution in [3.63, 3.8) is 0 Å². The minimum Gasteiger partial charge on any atom is -0.484 e. The third kappa shape index (κ3) is 5.78. The third-order valence-electron chi connectivity index (χ3n) is 3.59. The average molecular weight is 374 g/mol. The molecule has 3 aromatic rings. The lowest BCUT2D eigenvalue weighted by atomic mass is 10.3. The van der Waals surface area contributed by atoms with Crippen LogP contribution in [0, 0.1) is 11.3 Å². The highest BCUT2D eigenvalue weighted by atomic mass is 16.5. The second-order valence-electron chi connectivity index (χ2n) is 5.70. The summed E-state index contributed by atoms with van der Waals surface area (Å²) in [5.74, 6) is 2.19. The number of hydrogen-bond acceptors (Lipinski definition) is 5. The van der Waals surface area contributed by atoms with Crippen LogP contribution in [-0.2, 0) is 4.79 Å². The van der Waals surface area contributed by atoms with Crippen LogP contribution in [0.2, 0.25) is 0 Å². The predicted octanol–water partition coefficient (Wildman–Crippen LogP) is 4.40. The fourth-order valence-corrected chi connectivity index (χ4v) is 2.35. The molecular formula is C22H18N2O4. The maximum Gasteiger partial charge on any atom is 0.262 e. The summed E-state index contributed by atoms with van der Waals surface area (Å²) in [6.45, 7) is -0.188. The standard InChI is InChI=1S/C22H18N2O4/c23-13-14-26-21-8-4-5-17(15-21)24-22(25)16-27-18-9-11-20(12-10-18)28-19-6-2-1-3-7-19/h1-12,15H,14,16H2,(H,24,25). The van der Waals surface area contributed by atoms with Crippen molar-refractivity contribution in [3.05, 3.63) is 78.9 Å². The predicted molar refractivity (Wildman–Crippen MR) is 105 cm³/mol. The van der Waals surface area contributed by atoms with Crippen LogP contribution in [0.15, 0.2) is 78.9 Å². The lowest BCUT2D eigenvalue weighted by molar-refractivity contribution is -0.118. The number of ether oxygens (including phenoxy) is 3. The van der Waals surface area contributed by atoms with Gasteiger partial charge in [0.1, 0.15) is 29.1 Å². The van der Waals surface area contributed by atoms with Crippen LogP contribution in [0.5, 0.6) is 23.0 Å². The number of carbonyl (C=O) groups excluding carboxylic acids is 1. The molecule has 0 aliphatic heterocycles. The van der Waals surface area contributed by atoms with Crippen molar-refractivity contribution in [1.29, 1.82) is 5.26 Å². The number of benzene rings is 3. The molecule has 0 heterocycles. The van der Waals surface area contributed by atoms with Crippen molar-refractivity contribution in [1.82, 2.24) is 0 Å². The fraction of sp³-hybridized carbons (Fsp3) is 0.0909. The van der Waals surface area contributed by atoms with E-state index in [0.717, 1.165) is 5.75 Å². The van der Waals surface area contributed by atoms with Crippen LogP contribution >= 0.6 is 0 Å². The second kappa shape index (κ2) is 9.64. The van der Waals surface area contributed by atoms with E-state index in [-0.39, 0.29) is 19.1 Å². The molecule has 0 fully saturated rings. The van der Waals surface area contributed by atoms with Gasteiger partial charge in [0.2, 0.25) is 0 Å². The number of nitrogens with zero attached hydrogens (tertiary/aromatic N) is 1. The number of carbonyl (C=O) groups is 1. The smallest absolute Gasteiger partial charge is 0.262 e. The Bertz CT molecular complexity index is 950. The first-order valence-electron chi connectivity index (χ1n) is 8.58. The van der Waals surface area contributed by atoms with E-state index in [1.165, 1.54) is 0 Å². The first-order chi connectivity index (χ1) is 13.7. The fourth-order valence-electron chi connectivity index (χ4n) is 2.35. The summed E-state index contributed by atoms with van der Waals surface area (Å²) in [6.07, 6.45) is 0. The molecule has 0 saturated carbocycles. The quantitative estimate of drug-likeness (QED) is 0.632. The van der Waals surface area contributed by atoms with Gasteiger partial charge in [-0.05, 0) is 48.5 Å². The summed E-state index contributed by atoms with van der Waals surface area (Å²) in [5, 5.41) is 11.3. The molecule has 28 heavy (non-hydrogen) atoms. The molecule has 1 amide bonds. The van der Waals surface area contributed by atoms with E-state index < -0.39 is 0 Å². The first-order valence-corrected chi connectivity index (χ1v) is 8.58. The van der Waals surface area contributed by atoms with E-state index in [2.05, 4.69) is 5.32 Å². The molecule has 0 atom stereocenters. The zero-order chi connectivity index (χ0) is 19.6. The van der Waals surface area contributed by atoms with Gasteiger partial charge in [-0.1, -0.05) is 24.3 Å². The molecule has 3 rings (SSSR count). The maximum absolute atomic E-state index is 12.1. The molecule has 6 heteroatoms. The minimum atomic E-state index is -0.304. The highest BCUT2D eigenvalue weighted by molar-refractivity contribution is 5.92. The zero-order valence-electron chi connectivity index (χ0n) is 15.0. The highest BCUT2D eigenvalue weighted by Crippen LogP contribution is 2.23. The van der Waals surface area contributed by atoms with Gasteiger partial charge < -0.3 is 19.5 Å². The molecule has 1 N–H and O–H groups in total. The van der Waals surface area contributed by atoms with E-state index in [1.807, 2.05) is 36.4 Å². The lowest BCUT2D eigenvalue weighted by Gasteiger charge is -2.10. The summed E-state index contributed by atoms with van der Waals surface area (Å²) in [4.78, 5) is 12.1. The maximum atomic E-state index is 12.1. The molecule has 0 bridgehead atoms. The molecule has 140 valence electrons. The van der Waals surface area contributed by atoms with Crippen LogP contribution in [0.1, 0.15) is 0 Å². The Labute approximate surface area is 162 Å². The number of para-hydroxylation sites is 1. The van der Waals surface area contributed by atoms with Crippen LogP contribution < -0.4 is 19.5 Å². The molecule has 6 nitrogen and oxygen atoms in total. The molecule has 0 spiro atoms. The monoisotopic (exact) mass is 374 g/mol. The van der Waals surface area contributed by atoms with Crippen molar-refractivity contribution in [3.8, 4) is 29.1 Å². The number of anilines is 1. The molecule has 0 aliphatic carbocycles. The number of nitriles is 1. The topological polar surface area (TPSA) is 80.6 Å². The minimum absolute atomic E-state index is 0.0511. The van der Waals surface area contributed by atoms with Crippen LogP contribution in [-0.4, -0.2) is 19.1 Å². The molecule has 3 aromatic carbocycles. The van der Waals surface area contributed by atoms with Gasteiger partial charge in [-0.3, -0.25) is 4.79 Å². The Hall–Kier alpha value is -3.98. The Morgan fingerprint density at radius 2 is 1.50 bits per heavy atom. The van der Waals surface area contributed by atoms with Crippen molar-refractivity contribution in [2.24, 2.45) is 0 Å². The molecule has 0 aromatic heterocycles. The molecular weight excluding hydrogens is 356 g/mol. The number of hydrogen-bond donors (Lipinski definition) is 1. The van der Waals surface area contributed by atoms with Gasteiger partial charge in [0.25, 0.3) is 5.91 Å². The largest absolute Gasteiger partial charge is 0.484 e. The van der Waals surface area contributed by atoms with Gasteiger partial charge in [-0.2, -0.15) is 5.26 Å². The van der Waals surface area contributed by atoms with Crippen molar-refractivity contribution < 1.29 is 19.0 Å². The molecule has 0 saturated heterocycles. The van der Waals surface area contributed by atoms with E-state index in [1.54, 1.807) is 48.5 Å². The second-order valence-corrected chi connectivity index (χ2v) is 5.70. The molecule has 0 unspecified atom stereocenters.